The van der Waals surface area contributed by atoms with Crippen LogP contribution in [0.1, 0.15) is 35.1 Å². The zero-order chi connectivity index (χ0) is 20.1. The Labute approximate surface area is 209 Å². The summed E-state index contributed by atoms with van der Waals surface area (Å²) in [4.78, 5) is 0. The molecule has 0 spiro atoms. The van der Waals surface area contributed by atoms with E-state index in [1.54, 1.807) is 47.9 Å². The summed E-state index contributed by atoms with van der Waals surface area (Å²) in [6.45, 7) is 8.59. The Morgan fingerprint density at radius 1 is 0.700 bits per heavy atom. The molecule has 1 fully saturated rings. The fourth-order valence-corrected chi connectivity index (χ4v) is 9.30. The minimum atomic E-state index is 0. The molecule has 158 valence electrons. The van der Waals surface area contributed by atoms with Crippen LogP contribution in [0.15, 0.2) is 60.7 Å². The molecular weight excluding hydrogens is 590 g/mol. The van der Waals surface area contributed by atoms with Gasteiger partial charge >= 0.3 is 53.4 Å². The third-order valence-corrected chi connectivity index (χ3v) is 12.7. The third kappa shape index (κ3) is 7.48. The van der Waals surface area contributed by atoms with Gasteiger partial charge in [-0.05, 0) is 13.8 Å². The standard InChI is InChI=1S/2C11H11.C4H8Si.2ClH.Hf/c2*1-8-6-10-5-3-4-9(2)11(10)7-8;1-2-4-5-3-1;;;/h2*3-7H,1-2H3;1-4H2;2*1H;/q2*-1;;;;+2/p-2. The summed E-state index contributed by atoms with van der Waals surface area (Å²) in [6, 6.07) is 25.1. The summed E-state index contributed by atoms with van der Waals surface area (Å²) < 4.78 is 0. The monoisotopic (exact) mass is 620 g/mol. The van der Waals surface area contributed by atoms with E-state index in [4.69, 9.17) is 0 Å². The van der Waals surface area contributed by atoms with Crippen molar-refractivity contribution in [3.8, 4) is 0 Å². The first-order valence-electron chi connectivity index (χ1n) is 10.3. The quantitative estimate of drug-likeness (QED) is 0.208. The van der Waals surface area contributed by atoms with Crippen LogP contribution >= 0.6 is 0 Å². The Morgan fingerprint density at radius 3 is 1.40 bits per heavy atom. The molecule has 1 heterocycles. The molecule has 4 aromatic carbocycles. The van der Waals surface area contributed by atoms with E-state index in [0.717, 1.165) is 0 Å². The normalized spacial score (nSPS) is 12.4. The molecule has 0 N–H and O–H groups in total. The van der Waals surface area contributed by atoms with Gasteiger partial charge in [-0.3, -0.25) is 0 Å². The van der Waals surface area contributed by atoms with E-state index < -0.39 is 0 Å². The first-order chi connectivity index (χ1) is 13.4. The first-order valence-corrected chi connectivity index (χ1v) is 17.6. The van der Waals surface area contributed by atoms with Crippen LogP contribution in [-0.2, 0) is 23.0 Å². The SMILES string of the molecule is Cc1cc2c(C)cccc2[cH-]1.Cc1cc2c(C)cccc2[cH-]1.[Cl-].[Cl-].[Hf+2]=[Si]1CCCC1. The second-order valence-electron chi connectivity index (χ2n) is 8.03. The van der Waals surface area contributed by atoms with E-state index in [1.165, 1.54) is 43.8 Å². The van der Waals surface area contributed by atoms with Crippen molar-refractivity contribution in [2.75, 3.05) is 0 Å². The summed E-state index contributed by atoms with van der Waals surface area (Å²) in [5.74, 6) is 0. The fourth-order valence-electron chi connectivity index (χ4n) is 3.88. The molecule has 0 nitrogen and oxygen atoms in total. The molecule has 30 heavy (non-hydrogen) atoms. The third-order valence-electron chi connectivity index (χ3n) is 5.43. The summed E-state index contributed by atoms with van der Waals surface area (Å²) in [5.41, 5.74) is 5.84. The number of halogens is 2. The molecule has 0 atom stereocenters. The molecule has 0 aromatic heterocycles. The molecule has 0 aliphatic carbocycles. The molecule has 4 heteroatoms. The van der Waals surface area contributed by atoms with E-state index in [-0.39, 0.29) is 24.8 Å². The summed E-state index contributed by atoms with van der Waals surface area (Å²) in [5, 5.41) is 5.51. The van der Waals surface area contributed by atoms with Crippen molar-refractivity contribution in [3.63, 3.8) is 0 Å². The number of aryl methyl sites for hydroxylation is 4. The summed E-state index contributed by atoms with van der Waals surface area (Å²) in [7, 11) is 0. The molecule has 1 saturated heterocycles. The zero-order valence-electron chi connectivity index (χ0n) is 18.4. The summed E-state index contributed by atoms with van der Waals surface area (Å²) >= 11 is 1.55. The minimum absolute atomic E-state index is 0. The molecule has 1 aliphatic rings. The van der Waals surface area contributed by atoms with Crippen LogP contribution < -0.4 is 24.8 Å². The van der Waals surface area contributed by atoms with Gasteiger partial charge < -0.3 is 24.8 Å². The van der Waals surface area contributed by atoms with Crippen LogP contribution in [0.5, 0.6) is 0 Å². The number of fused-ring (bicyclic) bond motifs is 2. The molecular formula is C26H30Cl2HfSi-2. The van der Waals surface area contributed by atoms with Gasteiger partial charge in [0.05, 0.1) is 0 Å². The number of benzene rings is 2. The van der Waals surface area contributed by atoms with Gasteiger partial charge in [0, 0.05) is 0 Å². The van der Waals surface area contributed by atoms with Crippen LogP contribution in [0.3, 0.4) is 0 Å². The van der Waals surface area contributed by atoms with Crippen LogP contribution in [0.4, 0.5) is 0 Å². The summed E-state index contributed by atoms with van der Waals surface area (Å²) in [6.07, 6.45) is 3.13. The second-order valence-corrected chi connectivity index (χ2v) is 17.9. The van der Waals surface area contributed by atoms with E-state index >= 15 is 0 Å². The van der Waals surface area contributed by atoms with Gasteiger partial charge in [-0.1, -0.05) is 37.1 Å². The molecule has 0 saturated carbocycles. The molecule has 0 unspecified atom stereocenters. The average Bonchev–Trinajstić information content (AvgIpc) is 3.36. The van der Waals surface area contributed by atoms with Gasteiger partial charge in [0.25, 0.3) is 0 Å². The van der Waals surface area contributed by atoms with Gasteiger partial charge in [-0.15, -0.1) is 69.1 Å². The molecule has 0 amide bonds. The van der Waals surface area contributed by atoms with Crippen molar-refractivity contribution < 1.29 is 47.8 Å². The second kappa shape index (κ2) is 13.0. The average molecular weight is 620 g/mol. The maximum absolute atomic E-state index is 2.24. The Hall–Kier alpha value is -0.673. The van der Waals surface area contributed by atoms with Crippen LogP contribution in [-0.4, -0.2) is 5.49 Å². The van der Waals surface area contributed by atoms with E-state index in [9.17, 15) is 0 Å². The van der Waals surface area contributed by atoms with Crippen molar-refractivity contribution >= 4 is 27.0 Å². The van der Waals surface area contributed by atoms with Crippen molar-refractivity contribution in [1.29, 1.82) is 0 Å². The van der Waals surface area contributed by atoms with E-state index in [1.807, 2.05) is 0 Å². The van der Waals surface area contributed by atoms with E-state index in [2.05, 4.69) is 88.4 Å². The number of hydrogen-bond acceptors (Lipinski definition) is 0. The first kappa shape index (κ1) is 27.4. The molecule has 4 aromatic rings. The Kier molecular flexibility index (Phi) is 11.9. The molecule has 0 radical (unpaired) electrons. The number of hydrogen-bond donors (Lipinski definition) is 0. The molecule has 0 bridgehead atoms. The van der Waals surface area contributed by atoms with Crippen LogP contribution in [0, 0.1) is 27.7 Å². The maximum atomic E-state index is 2.24. The van der Waals surface area contributed by atoms with Gasteiger partial charge in [-0.25, -0.2) is 0 Å². The molecule has 1 aliphatic heterocycles. The Morgan fingerprint density at radius 2 is 1.10 bits per heavy atom. The van der Waals surface area contributed by atoms with Crippen molar-refractivity contribution in [2.24, 2.45) is 0 Å². The van der Waals surface area contributed by atoms with Gasteiger partial charge in [0.15, 0.2) is 0 Å². The Bertz CT molecular complexity index is 1010. The van der Waals surface area contributed by atoms with Crippen molar-refractivity contribution in [1.82, 2.24) is 0 Å². The Balaban J connectivity index is 0.000000227. The topological polar surface area (TPSA) is 0 Å². The van der Waals surface area contributed by atoms with Gasteiger partial charge in [-0.2, -0.15) is 12.1 Å². The van der Waals surface area contributed by atoms with Crippen molar-refractivity contribution in [2.45, 2.75) is 52.6 Å². The molecule has 5 rings (SSSR count). The van der Waals surface area contributed by atoms with E-state index in [0.29, 0.717) is 5.49 Å². The van der Waals surface area contributed by atoms with Gasteiger partial charge in [0.1, 0.15) is 0 Å². The predicted octanol–water partition coefficient (Wildman–Crippen LogP) is 1.68. The van der Waals surface area contributed by atoms with Crippen LogP contribution in [0.2, 0.25) is 12.1 Å². The van der Waals surface area contributed by atoms with Crippen LogP contribution in [0.25, 0.3) is 21.5 Å². The predicted molar refractivity (Wildman–Crippen MR) is 123 cm³/mol. The van der Waals surface area contributed by atoms with Gasteiger partial charge in [0.2, 0.25) is 0 Å². The van der Waals surface area contributed by atoms with Crippen molar-refractivity contribution in [3.05, 3.63) is 82.9 Å². The fraction of sp³-hybridized carbons (Fsp3) is 0.308. The zero-order valence-corrected chi connectivity index (χ0v) is 24.5. The number of rotatable bonds is 0.